The van der Waals surface area contributed by atoms with Crippen LogP contribution in [-0.2, 0) is 11.2 Å². The molecule has 0 aliphatic heterocycles. The van der Waals surface area contributed by atoms with Gasteiger partial charge in [-0.3, -0.25) is 4.79 Å². The fourth-order valence-electron chi connectivity index (χ4n) is 1.70. The fourth-order valence-corrected chi connectivity index (χ4v) is 2.12. The summed E-state index contributed by atoms with van der Waals surface area (Å²) in [5.41, 5.74) is 6.52. The van der Waals surface area contributed by atoms with Gasteiger partial charge in [0.15, 0.2) is 0 Å². The van der Waals surface area contributed by atoms with Crippen molar-refractivity contribution in [1.82, 2.24) is 5.32 Å². The van der Waals surface area contributed by atoms with Gasteiger partial charge in [-0.05, 0) is 53.9 Å². The number of halogens is 2. The van der Waals surface area contributed by atoms with E-state index in [0.717, 1.165) is 5.56 Å². The maximum atomic E-state index is 13.1. The molecule has 100 valence electrons. The smallest absolute Gasteiger partial charge is 0.221 e. The molecule has 18 heavy (non-hydrogen) atoms. The molecular weight excluding hydrogens is 299 g/mol. The second kappa shape index (κ2) is 6.85. The first-order valence-electron chi connectivity index (χ1n) is 5.87. The van der Waals surface area contributed by atoms with Crippen LogP contribution >= 0.6 is 15.9 Å². The quantitative estimate of drug-likeness (QED) is 0.876. The van der Waals surface area contributed by atoms with Gasteiger partial charge in [0, 0.05) is 18.5 Å². The van der Waals surface area contributed by atoms with Crippen molar-refractivity contribution in [3.05, 3.63) is 34.1 Å². The highest BCUT2D eigenvalue weighted by molar-refractivity contribution is 9.10. The predicted octanol–water partition coefficient (Wildman–Crippen LogP) is 2.37. The van der Waals surface area contributed by atoms with E-state index in [2.05, 4.69) is 21.2 Å². The van der Waals surface area contributed by atoms with Crippen LogP contribution in [0.3, 0.4) is 0 Å². The van der Waals surface area contributed by atoms with Gasteiger partial charge in [-0.2, -0.15) is 0 Å². The van der Waals surface area contributed by atoms with Gasteiger partial charge in [0.1, 0.15) is 5.82 Å². The minimum Gasteiger partial charge on any atom is -0.353 e. The van der Waals surface area contributed by atoms with E-state index in [0.29, 0.717) is 17.3 Å². The molecule has 2 atom stereocenters. The van der Waals surface area contributed by atoms with Gasteiger partial charge in [-0.1, -0.05) is 6.07 Å². The number of nitrogens with one attached hydrogen (secondary N) is 1. The number of rotatable bonds is 5. The van der Waals surface area contributed by atoms with Gasteiger partial charge < -0.3 is 11.1 Å². The molecule has 0 heterocycles. The SMILES string of the molecule is CC(N)CC(=O)NC(C)Cc1ccc(F)c(Br)c1. The lowest BCUT2D eigenvalue weighted by molar-refractivity contribution is -0.121. The number of carbonyl (C=O) groups is 1. The van der Waals surface area contributed by atoms with E-state index in [-0.39, 0.29) is 23.8 Å². The summed E-state index contributed by atoms with van der Waals surface area (Å²) in [6, 6.07) is 4.71. The molecule has 1 rings (SSSR count). The van der Waals surface area contributed by atoms with Crippen LogP contribution in [0.4, 0.5) is 4.39 Å². The predicted molar refractivity (Wildman–Crippen MR) is 73.7 cm³/mol. The second-order valence-electron chi connectivity index (χ2n) is 4.60. The average Bonchev–Trinajstić information content (AvgIpc) is 2.21. The number of amides is 1. The Kier molecular flexibility index (Phi) is 5.75. The first-order chi connectivity index (χ1) is 8.38. The standard InChI is InChI=1S/C13H18BrFN2O/c1-8(16)5-13(18)17-9(2)6-10-3-4-12(15)11(14)7-10/h3-4,7-9H,5-6,16H2,1-2H3,(H,17,18). The highest BCUT2D eigenvalue weighted by atomic mass is 79.9. The van der Waals surface area contributed by atoms with E-state index in [9.17, 15) is 9.18 Å². The molecule has 0 saturated heterocycles. The van der Waals surface area contributed by atoms with Crippen LogP contribution < -0.4 is 11.1 Å². The zero-order valence-corrected chi connectivity index (χ0v) is 12.1. The zero-order valence-electron chi connectivity index (χ0n) is 10.5. The van der Waals surface area contributed by atoms with Crippen molar-refractivity contribution < 1.29 is 9.18 Å². The molecule has 5 heteroatoms. The second-order valence-corrected chi connectivity index (χ2v) is 5.46. The number of hydrogen-bond donors (Lipinski definition) is 2. The van der Waals surface area contributed by atoms with Crippen molar-refractivity contribution >= 4 is 21.8 Å². The lowest BCUT2D eigenvalue weighted by Crippen LogP contribution is -2.37. The first-order valence-corrected chi connectivity index (χ1v) is 6.66. The van der Waals surface area contributed by atoms with E-state index in [4.69, 9.17) is 5.73 Å². The van der Waals surface area contributed by atoms with Gasteiger partial charge in [0.2, 0.25) is 5.91 Å². The Labute approximate surface area is 115 Å². The normalized spacial score (nSPS) is 14.1. The van der Waals surface area contributed by atoms with E-state index in [1.807, 2.05) is 6.92 Å². The molecule has 3 nitrogen and oxygen atoms in total. The highest BCUT2D eigenvalue weighted by Gasteiger charge is 2.10. The summed E-state index contributed by atoms with van der Waals surface area (Å²) in [6.45, 7) is 3.71. The zero-order chi connectivity index (χ0) is 13.7. The Morgan fingerprint density at radius 2 is 2.17 bits per heavy atom. The summed E-state index contributed by atoms with van der Waals surface area (Å²) < 4.78 is 13.5. The van der Waals surface area contributed by atoms with Gasteiger partial charge in [0.25, 0.3) is 0 Å². The van der Waals surface area contributed by atoms with Crippen LogP contribution in [0.25, 0.3) is 0 Å². The van der Waals surface area contributed by atoms with Crippen molar-refractivity contribution in [1.29, 1.82) is 0 Å². The molecule has 2 unspecified atom stereocenters. The first kappa shape index (κ1) is 15.1. The van der Waals surface area contributed by atoms with Gasteiger partial charge in [-0.25, -0.2) is 4.39 Å². The minimum atomic E-state index is -0.285. The summed E-state index contributed by atoms with van der Waals surface area (Å²) >= 11 is 3.14. The molecule has 3 N–H and O–H groups in total. The number of carbonyl (C=O) groups excluding carboxylic acids is 1. The van der Waals surface area contributed by atoms with E-state index >= 15 is 0 Å². The van der Waals surface area contributed by atoms with Gasteiger partial charge in [0.05, 0.1) is 4.47 Å². The maximum absolute atomic E-state index is 13.1. The van der Waals surface area contributed by atoms with E-state index in [1.165, 1.54) is 6.07 Å². The molecule has 0 radical (unpaired) electrons. The van der Waals surface area contributed by atoms with E-state index in [1.54, 1.807) is 19.1 Å². The van der Waals surface area contributed by atoms with Crippen LogP contribution in [0.15, 0.2) is 22.7 Å². The Balaban J connectivity index is 2.51. The lowest BCUT2D eigenvalue weighted by Gasteiger charge is -2.15. The molecule has 0 aliphatic rings. The molecule has 0 fully saturated rings. The molecule has 0 bridgehead atoms. The minimum absolute atomic E-state index is 0.00592. The average molecular weight is 317 g/mol. The third-order valence-corrected chi connectivity index (χ3v) is 3.05. The molecular formula is C13H18BrFN2O. The van der Waals surface area contributed by atoms with E-state index < -0.39 is 0 Å². The largest absolute Gasteiger partial charge is 0.353 e. The summed E-state index contributed by atoms with van der Waals surface area (Å²) in [5.74, 6) is -0.342. The number of benzene rings is 1. The molecule has 0 saturated carbocycles. The van der Waals surface area contributed by atoms with Gasteiger partial charge >= 0.3 is 0 Å². The Bertz CT molecular complexity index is 423. The van der Waals surface area contributed by atoms with Crippen LogP contribution in [-0.4, -0.2) is 18.0 Å². The van der Waals surface area contributed by atoms with Crippen molar-refractivity contribution in [2.24, 2.45) is 5.73 Å². The topological polar surface area (TPSA) is 55.1 Å². The van der Waals surface area contributed by atoms with Crippen molar-refractivity contribution in [2.75, 3.05) is 0 Å². The molecule has 1 aromatic carbocycles. The molecule has 1 amide bonds. The molecule has 0 aliphatic carbocycles. The van der Waals surface area contributed by atoms with Crippen LogP contribution in [0.5, 0.6) is 0 Å². The van der Waals surface area contributed by atoms with Crippen molar-refractivity contribution in [2.45, 2.75) is 38.8 Å². The fraction of sp³-hybridized carbons (Fsp3) is 0.462. The summed E-state index contributed by atoms with van der Waals surface area (Å²) in [5, 5.41) is 2.87. The molecule has 0 aromatic heterocycles. The summed E-state index contributed by atoms with van der Waals surface area (Å²) in [6.07, 6.45) is 0.973. The van der Waals surface area contributed by atoms with Crippen LogP contribution in [0, 0.1) is 5.82 Å². The number of hydrogen-bond acceptors (Lipinski definition) is 2. The Hall–Kier alpha value is -0.940. The summed E-state index contributed by atoms with van der Waals surface area (Å²) in [4.78, 5) is 11.5. The summed E-state index contributed by atoms with van der Waals surface area (Å²) in [7, 11) is 0. The van der Waals surface area contributed by atoms with Crippen molar-refractivity contribution in [3.8, 4) is 0 Å². The van der Waals surface area contributed by atoms with Crippen LogP contribution in [0.2, 0.25) is 0 Å². The van der Waals surface area contributed by atoms with Gasteiger partial charge in [-0.15, -0.1) is 0 Å². The Morgan fingerprint density at radius 3 is 2.72 bits per heavy atom. The number of nitrogens with two attached hydrogens (primary N) is 1. The molecule has 0 spiro atoms. The lowest BCUT2D eigenvalue weighted by atomic mass is 10.1. The Morgan fingerprint density at radius 1 is 1.50 bits per heavy atom. The molecule has 1 aromatic rings. The maximum Gasteiger partial charge on any atom is 0.221 e. The van der Waals surface area contributed by atoms with Crippen LogP contribution in [0.1, 0.15) is 25.8 Å². The monoisotopic (exact) mass is 316 g/mol. The van der Waals surface area contributed by atoms with Crippen molar-refractivity contribution in [3.63, 3.8) is 0 Å². The third-order valence-electron chi connectivity index (χ3n) is 2.44. The highest BCUT2D eigenvalue weighted by Crippen LogP contribution is 2.17. The third kappa shape index (κ3) is 5.14.